The van der Waals surface area contributed by atoms with E-state index < -0.39 is 6.04 Å². The van der Waals surface area contributed by atoms with Crippen molar-refractivity contribution in [2.45, 2.75) is 37.9 Å². The first-order chi connectivity index (χ1) is 15.2. The zero-order valence-corrected chi connectivity index (χ0v) is 17.7. The van der Waals surface area contributed by atoms with Gasteiger partial charge < -0.3 is 10.1 Å². The summed E-state index contributed by atoms with van der Waals surface area (Å²) in [5.74, 6) is -0.382. The second-order valence-corrected chi connectivity index (χ2v) is 8.48. The van der Waals surface area contributed by atoms with Gasteiger partial charge in [-0.2, -0.15) is 0 Å². The molecule has 0 saturated heterocycles. The third-order valence-corrected chi connectivity index (χ3v) is 6.41. The zero-order valence-electron chi connectivity index (χ0n) is 17.7. The van der Waals surface area contributed by atoms with Crippen molar-refractivity contribution >= 4 is 12.0 Å². The van der Waals surface area contributed by atoms with E-state index in [-0.39, 0.29) is 18.0 Å². The SMILES string of the molecule is COC(=O)C1=C(CN2CCc3ccccc3C2)N(C2CC2)C(=O)N[C@@H]1c1ccccc1. The van der Waals surface area contributed by atoms with Crippen LogP contribution in [0.25, 0.3) is 0 Å². The summed E-state index contributed by atoms with van der Waals surface area (Å²) in [7, 11) is 1.41. The summed E-state index contributed by atoms with van der Waals surface area (Å²) < 4.78 is 5.21. The molecule has 0 unspecified atom stereocenters. The van der Waals surface area contributed by atoms with Crippen LogP contribution >= 0.6 is 0 Å². The van der Waals surface area contributed by atoms with Crippen molar-refractivity contribution in [3.05, 3.63) is 82.6 Å². The average molecular weight is 418 g/mol. The van der Waals surface area contributed by atoms with Crippen LogP contribution in [-0.4, -0.2) is 48.0 Å². The molecule has 5 rings (SSSR count). The van der Waals surface area contributed by atoms with Crippen molar-refractivity contribution in [2.75, 3.05) is 20.2 Å². The Bertz CT molecular complexity index is 1030. The summed E-state index contributed by atoms with van der Waals surface area (Å²) in [6.07, 6.45) is 2.89. The third-order valence-electron chi connectivity index (χ3n) is 6.41. The van der Waals surface area contributed by atoms with Crippen molar-refractivity contribution in [2.24, 2.45) is 0 Å². The molecule has 1 saturated carbocycles. The standard InChI is InChI=1S/C25H27N3O3/c1-31-24(29)22-21(16-27-14-13-17-7-5-6-10-19(17)15-27)28(20-11-12-20)25(30)26-23(22)18-8-3-2-4-9-18/h2-10,20,23H,11-16H2,1H3,(H,26,30)/t23-/m1/s1. The summed E-state index contributed by atoms with van der Waals surface area (Å²) in [5, 5.41) is 3.06. The topological polar surface area (TPSA) is 61.9 Å². The van der Waals surface area contributed by atoms with Crippen LogP contribution in [0.2, 0.25) is 0 Å². The molecule has 0 spiro atoms. The lowest BCUT2D eigenvalue weighted by molar-refractivity contribution is -0.136. The smallest absolute Gasteiger partial charge is 0.338 e. The number of hydrogen-bond donors (Lipinski definition) is 1. The van der Waals surface area contributed by atoms with Crippen molar-refractivity contribution in [1.29, 1.82) is 0 Å². The number of rotatable bonds is 5. The molecule has 31 heavy (non-hydrogen) atoms. The van der Waals surface area contributed by atoms with Gasteiger partial charge in [-0.25, -0.2) is 9.59 Å². The third kappa shape index (κ3) is 3.83. The van der Waals surface area contributed by atoms with Crippen LogP contribution in [0.15, 0.2) is 65.9 Å². The molecule has 1 N–H and O–H groups in total. The molecule has 2 amide bonds. The highest BCUT2D eigenvalue weighted by atomic mass is 16.5. The molecule has 3 aliphatic rings. The normalized spacial score (nSPS) is 21.5. The van der Waals surface area contributed by atoms with Crippen LogP contribution < -0.4 is 5.32 Å². The first-order valence-electron chi connectivity index (χ1n) is 10.9. The van der Waals surface area contributed by atoms with Gasteiger partial charge in [0.05, 0.1) is 18.7 Å². The highest BCUT2D eigenvalue weighted by molar-refractivity contribution is 5.95. The number of methoxy groups -OCH3 is 1. The Morgan fingerprint density at radius 3 is 2.48 bits per heavy atom. The van der Waals surface area contributed by atoms with E-state index in [0.29, 0.717) is 12.1 Å². The Kier molecular flexibility index (Phi) is 5.24. The Labute approximate surface area is 182 Å². The molecule has 6 nitrogen and oxygen atoms in total. The van der Waals surface area contributed by atoms with Gasteiger partial charge in [-0.1, -0.05) is 54.6 Å². The van der Waals surface area contributed by atoms with E-state index in [0.717, 1.165) is 43.6 Å². The second kappa shape index (κ2) is 8.19. The van der Waals surface area contributed by atoms with Crippen LogP contribution in [0.5, 0.6) is 0 Å². The first kappa shape index (κ1) is 19.8. The Balaban J connectivity index is 1.55. The van der Waals surface area contributed by atoms with E-state index >= 15 is 0 Å². The predicted molar refractivity (Wildman–Crippen MR) is 117 cm³/mol. The highest BCUT2D eigenvalue weighted by Crippen LogP contribution is 2.38. The number of carbonyl (C=O) groups excluding carboxylic acids is 2. The molecule has 1 atom stereocenters. The van der Waals surface area contributed by atoms with Gasteiger partial charge in [0.15, 0.2) is 0 Å². The van der Waals surface area contributed by atoms with Gasteiger partial charge in [0.2, 0.25) is 0 Å². The van der Waals surface area contributed by atoms with Gasteiger partial charge in [-0.15, -0.1) is 0 Å². The van der Waals surface area contributed by atoms with Crippen molar-refractivity contribution in [3.63, 3.8) is 0 Å². The summed E-state index contributed by atoms with van der Waals surface area (Å²) in [6.45, 7) is 2.25. The molecular formula is C25H27N3O3. The van der Waals surface area contributed by atoms with E-state index in [1.54, 1.807) is 0 Å². The summed E-state index contributed by atoms with van der Waals surface area (Å²) in [5.41, 5.74) is 4.90. The highest BCUT2D eigenvalue weighted by Gasteiger charge is 2.44. The molecule has 0 radical (unpaired) electrons. The summed E-state index contributed by atoms with van der Waals surface area (Å²) >= 11 is 0. The van der Waals surface area contributed by atoms with Crippen molar-refractivity contribution in [3.8, 4) is 0 Å². The Morgan fingerprint density at radius 2 is 1.77 bits per heavy atom. The van der Waals surface area contributed by atoms with Crippen LogP contribution in [-0.2, 0) is 22.5 Å². The van der Waals surface area contributed by atoms with Gasteiger partial charge in [-0.3, -0.25) is 9.80 Å². The minimum atomic E-state index is -0.511. The number of nitrogens with zero attached hydrogens (tertiary/aromatic N) is 2. The molecule has 0 aromatic heterocycles. The number of ether oxygens (including phenoxy) is 1. The van der Waals surface area contributed by atoms with Gasteiger partial charge in [0.25, 0.3) is 0 Å². The number of nitrogens with one attached hydrogen (secondary N) is 1. The van der Waals surface area contributed by atoms with Crippen LogP contribution in [0.3, 0.4) is 0 Å². The first-order valence-corrected chi connectivity index (χ1v) is 10.9. The Morgan fingerprint density at radius 1 is 1.06 bits per heavy atom. The van der Waals surface area contributed by atoms with Crippen molar-refractivity contribution in [1.82, 2.24) is 15.1 Å². The minimum absolute atomic E-state index is 0.128. The molecule has 2 heterocycles. The quantitative estimate of drug-likeness (QED) is 0.758. The summed E-state index contributed by atoms with van der Waals surface area (Å²) in [4.78, 5) is 30.3. The fraction of sp³-hybridized carbons (Fsp3) is 0.360. The Hall–Kier alpha value is -3.12. The lowest BCUT2D eigenvalue weighted by Gasteiger charge is -2.39. The second-order valence-electron chi connectivity index (χ2n) is 8.48. The molecule has 2 aromatic carbocycles. The number of benzene rings is 2. The molecule has 2 aliphatic heterocycles. The number of hydrogen-bond acceptors (Lipinski definition) is 4. The minimum Gasteiger partial charge on any atom is -0.466 e. The maximum atomic E-state index is 13.2. The van der Waals surface area contributed by atoms with Crippen LogP contribution in [0.4, 0.5) is 4.79 Å². The molecule has 2 aromatic rings. The summed E-state index contributed by atoms with van der Waals surface area (Å²) in [6, 6.07) is 17.7. The number of carbonyl (C=O) groups is 2. The molecule has 160 valence electrons. The molecule has 6 heteroatoms. The number of esters is 1. The maximum absolute atomic E-state index is 13.2. The number of fused-ring (bicyclic) bond motifs is 1. The number of amides is 2. The van der Waals surface area contributed by atoms with Gasteiger partial charge in [0.1, 0.15) is 0 Å². The molecule has 1 fully saturated rings. The number of urea groups is 1. The maximum Gasteiger partial charge on any atom is 0.338 e. The van der Waals surface area contributed by atoms with E-state index in [1.807, 2.05) is 35.2 Å². The van der Waals surface area contributed by atoms with Gasteiger partial charge in [-0.05, 0) is 36.0 Å². The van der Waals surface area contributed by atoms with E-state index in [4.69, 9.17) is 4.74 Å². The predicted octanol–water partition coefficient (Wildman–Crippen LogP) is 3.40. The monoisotopic (exact) mass is 417 g/mol. The van der Waals surface area contributed by atoms with Gasteiger partial charge >= 0.3 is 12.0 Å². The largest absolute Gasteiger partial charge is 0.466 e. The lowest BCUT2D eigenvalue weighted by atomic mass is 9.93. The van der Waals surface area contributed by atoms with Crippen molar-refractivity contribution < 1.29 is 14.3 Å². The van der Waals surface area contributed by atoms with E-state index in [1.165, 1.54) is 18.2 Å². The lowest BCUT2D eigenvalue weighted by Crippen LogP contribution is -2.52. The molecular weight excluding hydrogens is 390 g/mol. The molecule has 0 bridgehead atoms. The molecule has 1 aliphatic carbocycles. The fourth-order valence-corrected chi connectivity index (χ4v) is 4.71. The van der Waals surface area contributed by atoms with E-state index in [9.17, 15) is 9.59 Å². The zero-order chi connectivity index (χ0) is 21.4. The van der Waals surface area contributed by atoms with Crippen LogP contribution in [0.1, 0.15) is 35.6 Å². The van der Waals surface area contributed by atoms with E-state index in [2.05, 4.69) is 34.5 Å². The van der Waals surface area contributed by atoms with Gasteiger partial charge in [0, 0.05) is 31.4 Å². The average Bonchev–Trinajstić information content (AvgIpc) is 3.64. The fourth-order valence-electron chi connectivity index (χ4n) is 4.71. The van der Waals surface area contributed by atoms with Crippen LogP contribution in [0, 0.1) is 0 Å².